The van der Waals surface area contributed by atoms with Gasteiger partial charge in [-0.3, -0.25) is 43.4 Å². The Morgan fingerprint density at radius 2 is 1.54 bits per heavy atom. The van der Waals surface area contributed by atoms with Gasteiger partial charge in [-0.2, -0.15) is 0 Å². The SMILES string of the molecule is CC(=O)CCSC(CC(=O)N(C)CCOC1CC(=O)N(C)C1=O)C(=O)NCCOC1CC(=O)N(C)C1=O. The molecule has 14 heteroatoms. The maximum atomic E-state index is 12.8. The Balaban J connectivity index is 1.80. The van der Waals surface area contributed by atoms with Crippen molar-refractivity contribution in [2.45, 2.75) is 50.1 Å². The van der Waals surface area contributed by atoms with E-state index in [2.05, 4.69) is 5.32 Å². The van der Waals surface area contributed by atoms with Crippen LogP contribution in [0.15, 0.2) is 0 Å². The van der Waals surface area contributed by atoms with Crippen molar-refractivity contribution in [2.75, 3.05) is 53.2 Å². The summed E-state index contributed by atoms with van der Waals surface area (Å²) in [6.07, 6.45) is -1.68. The van der Waals surface area contributed by atoms with Gasteiger partial charge in [-0.15, -0.1) is 11.8 Å². The largest absolute Gasteiger partial charge is 0.366 e. The molecule has 0 aromatic carbocycles. The zero-order chi connectivity index (χ0) is 27.7. The third-order valence-corrected chi connectivity index (χ3v) is 7.22. The first-order valence-electron chi connectivity index (χ1n) is 11.9. The van der Waals surface area contributed by atoms with E-state index >= 15 is 0 Å². The fourth-order valence-electron chi connectivity index (χ4n) is 3.54. The van der Waals surface area contributed by atoms with Crippen LogP contribution in [-0.4, -0.2) is 127 Å². The summed E-state index contributed by atoms with van der Waals surface area (Å²) in [6, 6.07) is 0. The lowest BCUT2D eigenvalue weighted by Crippen LogP contribution is -2.40. The highest BCUT2D eigenvalue weighted by Crippen LogP contribution is 2.19. The van der Waals surface area contributed by atoms with Crippen LogP contribution in [0, 0.1) is 0 Å². The van der Waals surface area contributed by atoms with Crippen LogP contribution < -0.4 is 5.32 Å². The summed E-state index contributed by atoms with van der Waals surface area (Å²) in [6.45, 7) is 1.73. The molecule has 37 heavy (non-hydrogen) atoms. The van der Waals surface area contributed by atoms with Gasteiger partial charge in [0.15, 0.2) is 0 Å². The van der Waals surface area contributed by atoms with Gasteiger partial charge in [0.2, 0.25) is 23.6 Å². The van der Waals surface area contributed by atoms with Crippen molar-refractivity contribution >= 4 is 53.0 Å². The molecule has 2 aliphatic rings. The number of ether oxygens (including phenoxy) is 2. The minimum Gasteiger partial charge on any atom is -0.366 e. The number of hydrogen-bond donors (Lipinski definition) is 1. The van der Waals surface area contributed by atoms with Crippen LogP contribution in [-0.2, 0) is 43.0 Å². The molecule has 206 valence electrons. The number of hydrogen-bond acceptors (Lipinski definition) is 10. The first-order chi connectivity index (χ1) is 17.4. The van der Waals surface area contributed by atoms with Gasteiger partial charge in [-0.05, 0) is 6.92 Å². The standard InChI is InChI=1S/C23H34N4O9S/c1-14(28)5-10-37-17(21(32)24-6-8-35-15-11-19(30)26(3)22(15)33)13-18(29)25(2)7-9-36-16-12-20(31)27(4)23(16)34/h15-17H,5-13H2,1-4H3,(H,24,32). The van der Waals surface area contributed by atoms with Gasteiger partial charge >= 0.3 is 0 Å². The Bertz CT molecular complexity index is 928. The van der Waals surface area contributed by atoms with Gasteiger partial charge in [-0.1, -0.05) is 0 Å². The molecule has 1 N–H and O–H groups in total. The molecule has 0 aliphatic carbocycles. The summed E-state index contributed by atoms with van der Waals surface area (Å²) >= 11 is 1.19. The van der Waals surface area contributed by atoms with E-state index in [-0.39, 0.29) is 75.5 Å². The molecule has 2 aliphatic heterocycles. The van der Waals surface area contributed by atoms with Crippen molar-refractivity contribution in [3.8, 4) is 0 Å². The number of carbonyl (C=O) groups excluding carboxylic acids is 7. The molecule has 0 spiro atoms. The Morgan fingerprint density at radius 3 is 2.03 bits per heavy atom. The van der Waals surface area contributed by atoms with Crippen LogP contribution in [0.3, 0.4) is 0 Å². The van der Waals surface area contributed by atoms with Crippen molar-refractivity contribution < 1.29 is 43.0 Å². The highest BCUT2D eigenvalue weighted by molar-refractivity contribution is 8.00. The molecule has 2 fully saturated rings. The predicted molar refractivity (Wildman–Crippen MR) is 131 cm³/mol. The molecule has 13 nitrogen and oxygen atoms in total. The topological polar surface area (TPSA) is 160 Å². The van der Waals surface area contributed by atoms with E-state index in [0.717, 1.165) is 9.80 Å². The molecule has 0 bridgehead atoms. The average molecular weight is 543 g/mol. The van der Waals surface area contributed by atoms with Gasteiger partial charge < -0.3 is 19.7 Å². The second-order valence-corrected chi connectivity index (χ2v) is 10.1. The number of nitrogens with zero attached hydrogens (tertiary/aromatic N) is 3. The first-order valence-corrected chi connectivity index (χ1v) is 12.9. The molecular formula is C23H34N4O9S. The molecule has 2 rings (SSSR count). The molecule has 3 atom stereocenters. The monoisotopic (exact) mass is 542 g/mol. The van der Waals surface area contributed by atoms with Crippen LogP contribution in [0.1, 0.15) is 32.6 Å². The number of thioether (sulfide) groups is 1. The maximum Gasteiger partial charge on any atom is 0.258 e. The maximum absolute atomic E-state index is 12.8. The van der Waals surface area contributed by atoms with Crippen molar-refractivity contribution in [3.63, 3.8) is 0 Å². The third-order valence-electron chi connectivity index (χ3n) is 6.00. The highest BCUT2D eigenvalue weighted by Gasteiger charge is 2.37. The third kappa shape index (κ3) is 8.90. The molecule has 0 aromatic heterocycles. The smallest absolute Gasteiger partial charge is 0.258 e. The second-order valence-electron chi connectivity index (χ2n) is 8.83. The molecule has 2 heterocycles. The summed E-state index contributed by atoms with van der Waals surface area (Å²) in [5.74, 6) is -1.92. The average Bonchev–Trinajstić information content (AvgIpc) is 3.24. The molecule has 6 amide bonds. The van der Waals surface area contributed by atoms with Gasteiger partial charge in [-0.25, -0.2) is 0 Å². The molecular weight excluding hydrogens is 508 g/mol. The van der Waals surface area contributed by atoms with E-state index in [4.69, 9.17) is 9.47 Å². The van der Waals surface area contributed by atoms with E-state index in [1.165, 1.54) is 37.7 Å². The summed E-state index contributed by atoms with van der Waals surface area (Å²) in [7, 11) is 4.31. The van der Waals surface area contributed by atoms with Crippen LogP contribution in [0.5, 0.6) is 0 Å². The number of likely N-dealkylation sites (tertiary alicyclic amines) is 2. The Hall–Kier alpha value is -2.84. The Morgan fingerprint density at radius 1 is 1.00 bits per heavy atom. The lowest BCUT2D eigenvalue weighted by molar-refractivity contribution is -0.142. The summed E-state index contributed by atoms with van der Waals surface area (Å²) in [5.41, 5.74) is 0. The summed E-state index contributed by atoms with van der Waals surface area (Å²) in [4.78, 5) is 87.1. The Kier molecular flexibility index (Phi) is 11.7. The molecule has 0 saturated carbocycles. The molecule has 2 saturated heterocycles. The highest BCUT2D eigenvalue weighted by atomic mass is 32.2. The minimum atomic E-state index is -0.870. The van der Waals surface area contributed by atoms with E-state index in [1.807, 2.05) is 0 Å². The minimum absolute atomic E-state index is 0.0108. The molecule has 0 radical (unpaired) electrons. The van der Waals surface area contributed by atoms with Crippen molar-refractivity contribution in [1.82, 2.24) is 20.0 Å². The number of likely N-dealkylation sites (N-methyl/N-ethyl adjacent to an activating group) is 3. The van der Waals surface area contributed by atoms with Crippen molar-refractivity contribution in [3.05, 3.63) is 0 Å². The predicted octanol–water partition coefficient (Wildman–Crippen LogP) is -1.42. The fourth-order valence-corrected chi connectivity index (χ4v) is 4.72. The number of ketones is 1. The van der Waals surface area contributed by atoms with Crippen LogP contribution in [0.25, 0.3) is 0 Å². The van der Waals surface area contributed by atoms with Gasteiger partial charge in [0.1, 0.15) is 18.0 Å². The number of rotatable bonds is 15. The van der Waals surface area contributed by atoms with Gasteiger partial charge in [0.25, 0.3) is 11.8 Å². The zero-order valence-corrected chi connectivity index (χ0v) is 22.3. The van der Waals surface area contributed by atoms with Crippen LogP contribution in [0.4, 0.5) is 0 Å². The van der Waals surface area contributed by atoms with Gasteiger partial charge in [0, 0.05) is 52.8 Å². The van der Waals surface area contributed by atoms with E-state index in [9.17, 15) is 33.6 Å². The fraction of sp³-hybridized carbons (Fsp3) is 0.696. The lowest BCUT2D eigenvalue weighted by atomic mass is 10.2. The van der Waals surface area contributed by atoms with Gasteiger partial charge in [0.05, 0.1) is 31.3 Å². The van der Waals surface area contributed by atoms with E-state index < -0.39 is 35.2 Å². The summed E-state index contributed by atoms with van der Waals surface area (Å²) < 4.78 is 10.9. The number of Topliss-reactive ketones (excluding diaryl/α,β-unsaturated/α-hetero) is 1. The molecule has 0 aromatic rings. The number of nitrogens with one attached hydrogen (secondary N) is 1. The number of imide groups is 2. The Labute approximate surface area is 219 Å². The van der Waals surface area contributed by atoms with E-state index in [0.29, 0.717) is 5.75 Å². The number of carbonyl (C=O) groups is 7. The van der Waals surface area contributed by atoms with Crippen molar-refractivity contribution in [1.29, 1.82) is 0 Å². The molecule has 3 unspecified atom stereocenters. The van der Waals surface area contributed by atoms with Crippen LogP contribution >= 0.6 is 11.8 Å². The first kappa shape index (κ1) is 30.4. The quantitative estimate of drug-likeness (QED) is 0.192. The van der Waals surface area contributed by atoms with Crippen molar-refractivity contribution in [2.24, 2.45) is 0 Å². The van der Waals surface area contributed by atoms with Crippen LogP contribution in [0.2, 0.25) is 0 Å². The normalized spacial score (nSPS) is 20.5. The van der Waals surface area contributed by atoms with E-state index in [1.54, 1.807) is 7.05 Å². The lowest BCUT2D eigenvalue weighted by Gasteiger charge is -2.22. The second kappa shape index (κ2) is 14.2. The number of amides is 6. The summed E-state index contributed by atoms with van der Waals surface area (Å²) in [5, 5.41) is 1.91. The zero-order valence-electron chi connectivity index (χ0n) is 21.5.